The van der Waals surface area contributed by atoms with Crippen molar-refractivity contribution in [3.63, 3.8) is 0 Å². The van der Waals surface area contributed by atoms with E-state index >= 15 is 0 Å². The number of ether oxygens (including phenoxy) is 1. The minimum atomic E-state index is -3.58. The van der Waals surface area contributed by atoms with Gasteiger partial charge in [0.05, 0.1) is 12.4 Å². The molecule has 0 bridgehead atoms. The van der Waals surface area contributed by atoms with E-state index in [4.69, 9.17) is 4.74 Å². The lowest BCUT2D eigenvalue weighted by molar-refractivity contribution is -0.148. The molecule has 1 aliphatic carbocycles. The van der Waals surface area contributed by atoms with Crippen molar-refractivity contribution in [3.05, 3.63) is 0 Å². The predicted octanol–water partition coefficient (Wildman–Crippen LogP) is 0.292. The van der Waals surface area contributed by atoms with Crippen LogP contribution in [0.15, 0.2) is 0 Å². The molecule has 1 heterocycles. The van der Waals surface area contributed by atoms with Gasteiger partial charge in [-0.2, -0.15) is 0 Å². The highest BCUT2D eigenvalue weighted by molar-refractivity contribution is 7.92. The molecular weight excluding hydrogens is 310 g/mol. The van der Waals surface area contributed by atoms with Gasteiger partial charge in [-0.25, -0.2) is 13.2 Å². The quantitative estimate of drug-likeness (QED) is 0.750. The second kappa shape index (κ2) is 6.95. The highest BCUT2D eigenvalue weighted by Gasteiger charge is 2.47. The molecule has 1 saturated heterocycles. The van der Waals surface area contributed by atoms with Gasteiger partial charge in [0.2, 0.25) is 5.91 Å². The summed E-state index contributed by atoms with van der Waals surface area (Å²) in [6.07, 6.45) is 4.10. The third-order valence-electron chi connectivity index (χ3n) is 4.60. The van der Waals surface area contributed by atoms with Crippen molar-refractivity contribution in [3.8, 4) is 0 Å². The molecule has 3 atom stereocenters. The van der Waals surface area contributed by atoms with Crippen LogP contribution in [0.2, 0.25) is 0 Å². The summed E-state index contributed by atoms with van der Waals surface area (Å²) in [6, 6.07) is -1.02. The molecule has 1 N–H and O–H groups in total. The molecule has 3 unspecified atom stereocenters. The number of hydrogen-bond donors (Lipinski definition) is 1. The fourth-order valence-electron chi connectivity index (χ4n) is 3.58. The molecule has 0 radical (unpaired) electrons. The van der Waals surface area contributed by atoms with E-state index in [0.29, 0.717) is 6.42 Å². The van der Waals surface area contributed by atoms with Crippen LogP contribution in [-0.2, 0) is 24.2 Å². The van der Waals surface area contributed by atoms with Gasteiger partial charge in [-0.3, -0.25) is 4.79 Å². The van der Waals surface area contributed by atoms with Gasteiger partial charge in [0.25, 0.3) is 0 Å². The molecule has 126 valence electrons. The number of carbonyl (C=O) groups excluding carboxylic acids is 1. The first-order valence-corrected chi connectivity index (χ1v) is 9.41. The van der Waals surface area contributed by atoms with E-state index < -0.39 is 33.5 Å². The molecule has 7 nitrogen and oxygen atoms in total. The maximum atomic E-state index is 12.4. The normalized spacial score (nSPS) is 28.4. The number of carbonyl (C=O) groups is 2. The number of carboxylic acids is 1. The maximum absolute atomic E-state index is 12.4. The van der Waals surface area contributed by atoms with Crippen LogP contribution in [-0.4, -0.2) is 67.6 Å². The summed E-state index contributed by atoms with van der Waals surface area (Å²) in [6.45, 7) is 0.0318. The number of amides is 1. The van der Waals surface area contributed by atoms with Crippen LogP contribution in [0.3, 0.4) is 0 Å². The molecule has 0 aromatic carbocycles. The van der Waals surface area contributed by atoms with Crippen molar-refractivity contribution < 1.29 is 27.9 Å². The van der Waals surface area contributed by atoms with Crippen LogP contribution in [0.5, 0.6) is 0 Å². The molecule has 0 spiro atoms. The van der Waals surface area contributed by atoms with Crippen LogP contribution in [0.25, 0.3) is 0 Å². The first kappa shape index (κ1) is 17.2. The van der Waals surface area contributed by atoms with Gasteiger partial charge in [0, 0.05) is 13.2 Å². The Morgan fingerprint density at radius 3 is 2.59 bits per heavy atom. The number of methoxy groups -OCH3 is 1. The third-order valence-corrected chi connectivity index (χ3v) is 6.08. The van der Waals surface area contributed by atoms with Crippen LogP contribution in [0, 0.1) is 5.92 Å². The zero-order valence-electron chi connectivity index (χ0n) is 12.7. The summed E-state index contributed by atoms with van der Waals surface area (Å²) in [5.74, 6) is -2.31. The largest absolute Gasteiger partial charge is 0.480 e. The van der Waals surface area contributed by atoms with Crippen molar-refractivity contribution in [2.75, 3.05) is 25.2 Å². The number of likely N-dealkylation sites (tertiary alicyclic amines) is 1. The van der Waals surface area contributed by atoms with E-state index in [2.05, 4.69) is 0 Å². The zero-order valence-corrected chi connectivity index (χ0v) is 13.5. The first-order chi connectivity index (χ1) is 10.4. The SMILES string of the molecule is COCCS(=O)(=O)CC(=O)N1C(C(=O)O)CC2CCCCC21. The van der Waals surface area contributed by atoms with Gasteiger partial charge in [-0.15, -0.1) is 0 Å². The molecular formula is C14H23NO6S. The van der Waals surface area contributed by atoms with Crippen molar-refractivity contribution in [1.29, 1.82) is 0 Å². The Morgan fingerprint density at radius 2 is 1.95 bits per heavy atom. The highest BCUT2D eigenvalue weighted by atomic mass is 32.2. The van der Waals surface area contributed by atoms with Crippen molar-refractivity contribution in [2.24, 2.45) is 5.92 Å². The summed E-state index contributed by atoms with van der Waals surface area (Å²) < 4.78 is 28.6. The number of carboxylic acid groups (broad SMARTS) is 1. The monoisotopic (exact) mass is 333 g/mol. The molecule has 1 saturated carbocycles. The average Bonchev–Trinajstić information content (AvgIpc) is 2.84. The van der Waals surface area contributed by atoms with E-state index in [-0.39, 0.29) is 24.3 Å². The summed E-state index contributed by atoms with van der Waals surface area (Å²) in [7, 11) is -2.18. The molecule has 2 fully saturated rings. The fraction of sp³-hybridized carbons (Fsp3) is 0.857. The Morgan fingerprint density at radius 1 is 1.27 bits per heavy atom. The van der Waals surface area contributed by atoms with Crippen LogP contribution < -0.4 is 0 Å². The van der Waals surface area contributed by atoms with Gasteiger partial charge >= 0.3 is 5.97 Å². The van der Waals surface area contributed by atoms with E-state index in [1.807, 2.05) is 0 Å². The van der Waals surface area contributed by atoms with E-state index in [0.717, 1.165) is 25.7 Å². The molecule has 2 rings (SSSR count). The summed E-state index contributed by atoms with van der Waals surface area (Å²) in [5, 5.41) is 9.36. The summed E-state index contributed by atoms with van der Waals surface area (Å²) >= 11 is 0. The topological polar surface area (TPSA) is 101 Å². The molecule has 1 amide bonds. The maximum Gasteiger partial charge on any atom is 0.326 e. The van der Waals surface area contributed by atoms with Crippen LogP contribution >= 0.6 is 0 Å². The van der Waals surface area contributed by atoms with Crippen LogP contribution in [0.1, 0.15) is 32.1 Å². The Labute approximate surface area is 130 Å². The number of fused-ring (bicyclic) bond motifs is 1. The summed E-state index contributed by atoms with van der Waals surface area (Å²) in [4.78, 5) is 25.2. The van der Waals surface area contributed by atoms with E-state index in [1.165, 1.54) is 12.0 Å². The number of hydrogen-bond acceptors (Lipinski definition) is 5. The zero-order chi connectivity index (χ0) is 16.3. The third kappa shape index (κ3) is 3.78. The van der Waals surface area contributed by atoms with Crippen molar-refractivity contribution >= 4 is 21.7 Å². The predicted molar refractivity (Wildman–Crippen MR) is 79.2 cm³/mol. The molecule has 22 heavy (non-hydrogen) atoms. The first-order valence-electron chi connectivity index (χ1n) is 7.59. The van der Waals surface area contributed by atoms with Gasteiger partial charge in [-0.05, 0) is 25.2 Å². The van der Waals surface area contributed by atoms with Crippen molar-refractivity contribution in [1.82, 2.24) is 4.90 Å². The van der Waals surface area contributed by atoms with E-state index in [9.17, 15) is 23.1 Å². The smallest absolute Gasteiger partial charge is 0.326 e. The summed E-state index contributed by atoms with van der Waals surface area (Å²) in [5.41, 5.74) is 0. The van der Waals surface area contributed by atoms with E-state index in [1.54, 1.807) is 0 Å². The van der Waals surface area contributed by atoms with Gasteiger partial charge < -0.3 is 14.7 Å². The lowest BCUT2D eigenvalue weighted by atomic mass is 9.85. The standard InChI is InChI=1S/C14H23NO6S/c1-21-6-7-22(19,20)9-13(16)15-11-5-3-2-4-10(11)8-12(15)14(17)18/h10-12H,2-9H2,1H3,(H,17,18). The van der Waals surface area contributed by atoms with Gasteiger partial charge in [-0.1, -0.05) is 12.8 Å². The number of sulfone groups is 1. The Hall–Kier alpha value is -1.15. The highest BCUT2D eigenvalue weighted by Crippen LogP contribution is 2.39. The molecule has 2 aliphatic rings. The average molecular weight is 333 g/mol. The minimum absolute atomic E-state index is 0.0318. The van der Waals surface area contributed by atoms with Crippen molar-refractivity contribution in [2.45, 2.75) is 44.2 Å². The molecule has 0 aromatic rings. The molecule has 0 aromatic heterocycles. The minimum Gasteiger partial charge on any atom is -0.480 e. The second-order valence-electron chi connectivity index (χ2n) is 6.09. The second-order valence-corrected chi connectivity index (χ2v) is 8.27. The van der Waals surface area contributed by atoms with Gasteiger partial charge in [0.1, 0.15) is 11.8 Å². The Balaban J connectivity index is 2.12. The lowest BCUT2D eigenvalue weighted by Crippen LogP contribution is -2.48. The Kier molecular flexibility index (Phi) is 5.44. The number of rotatable bonds is 6. The van der Waals surface area contributed by atoms with Crippen LogP contribution in [0.4, 0.5) is 0 Å². The Bertz CT molecular complexity index is 531. The molecule has 8 heteroatoms. The lowest BCUT2D eigenvalue weighted by Gasteiger charge is -2.33. The number of nitrogens with zero attached hydrogens (tertiary/aromatic N) is 1. The number of aliphatic carboxylic acids is 1. The molecule has 1 aliphatic heterocycles. The fourth-order valence-corrected chi connectivity index (χ4v) is 4.67. The van der Waals surface area contributed by atoms with Gasteiger partial charge in [0.15, 0.2) is 9.84 Å².